The Labute approximate surface area is 163 Å². The normalized spacial score (nSPS) is 13.9. The van der Waals surface area contributed by atoms with Gasteiger partial charge in [0.05, 0.1) is 5.39 Å². The molecule has 4 heteroatoms. The van der Waals surface area contributed by atoms with Crippen molar-refractivity contribution < 1.29 is 9.21 Å². The van der Waals surface area contributed by atoms with E-state index in [0.29, 0.717) is 17.5 Å². The van der Waals surface area contributed by atoms with E-state index >= 15 is 0 Å². The lowest BCUT2D eigenvalue weighted by atomic mass is 9.97. The van der Waals surface area contributed by atoms with E-state index in [-0.39, 0.29) is 11.7 Å². The van der Waals surface area contributed by atoms with Crippen LogP contribution in [0.4, 0.5) is 0 Å². The molecule has 1 aromatic heterocycles. The van der Waals surface area contributed by atoms with Crippen LogP contribution >= 0.6 is 0 Å². The zero-order valence-electron chi connectivity index (χ0n) is 15.7. The highest BCUT2D eigenvalue weighted by atomic mass is 16.4. The highest BCUT2D eigenvalue weighted by Crippen LogP contribution is 2.30. The SMILES string of the molecule is O=C(NCCC1=CCCCC1)c1oc(=O)c2ccccc2c1-c1ccccc1. The zero-order valence-corrected chi connectivity index (χ0v) is 15.7. The van der Waals surface area contributed by atoms with E-state index in [2.05, 4.69) is 11.4 Å². The predicted octanol–water partition coefficient (Wildman–Crippen LogP) is 5.08. The molecule has 0 bridgehead atoms. The van der Waals surface area contributed by atoms with Crippen LogP contribution in [0.5, 0.6) is 0 Å². The molecule has 4 nitrogen and oxygen atoms in total. The summed E-state index contributed by atoms with van der Waals surface area (Å²) in [7, 11) is 0. The van der Waals surface area contributed by atoms with Gasteiger partial charge >= 0.3 is 5.63 Å². The number of amides is 1. The van der Waals surface area contributed by atoms with E-state index in [1.807, 2.05) is 42.5 Å². The van der Waals surface area contributed by atoms with Gasteiger partial charge in [0.1, 0.15) is 0 Å². The lowest BCUT2D eigenvalue weighted by molar-refractivity contribution is 0.0923. The van der Waals surface area contributed by atoms with Crippen molar-refractivity contribution in [3.05, 3.63) is 82.4 Å². The second-order valence-corrected chi connectivity index (χ2v) is 7.12. The van der Waals surface area contributed by atoms with Crippen LogP contribution in [0.3, 0.4) is 0 Å². The molecular formula is C24H23NO3. The van der Waals surface area contributed by atoms with Gasteiger partial charge in [-0.2, -0.15) is 0 Å². The molecular weight excluding hydrogens is 350 g/mol. The van der Waals surface area contributed by atoms with Crippen LogP contribution in [0.2, 0.25) is 0 Å². The van der Waals surface area contributed by atoms with Gasteiger partial charge in [-0.05, 0) is 43.7 Å². The standard InChI is InChI=1S/C24H23NO3/c26-23(25-16-15-17-9-3-1-4-10-17)22-21(18-11-5-2-6-12-18)19-13-7-8-14-20(19)24(27)28-22/h2,5-9,11-14H,1,3-4,10,15-16H2,(H,25,26). The van der Waals surface area contributed by atoms with Gasteiger partial charge in [-0.15, -0.1) is 0 Å². The van der Waals surface area contributed by atoms with E-state index in [1.54, 1.807) is 12.1 Å². The van der Waals surface area contributed by atoms with E-state index in [1.165, 1.54) is 18.4 Å². The lowest BCUT2D eigenvalue weighted by Gasteiger charge is -2.14. The molecule has 1 amide bonds. The molecule has 2 aromatic carbocycles. The fourth-order valence-corrected chi connectivity index (χ4v) is 3.80. The van der Waals surface area contributed by atoms with Crippen molar-refractivity contribution in [2.45, 2.75) is 32.1 Å². The molecule has 28 heavy (non-hydrogen) atoms. The summed E-state index contributed by atoms with van der Waals surface area (Å²) in [6.07, 6.45) is 7.82. The number of allylic oxidation sites excluding steroid dienone is 1. The highest BCUT2D eigenvalue weighted by Gasteiger charge is 2.21. The van der Waals surface area contributed by atoms with Crippen molar-refractivity contribution in [3.63, 3.8) is 0 Å². The molecule has 1 N–H and O–H groups in total. The lowest BCUT2D eigenvalue weighted by Crippen LogP contribution is -2.26. The summed E-state index contributed by atoms with van der Waals surface area (Å²) in [5, 5.41) is 4.14. The molecule has 0 spiro atoms. The molecule has 0 unspecified atom stereocenters. The van der Waals surface area contributed by atoms with E-state index in [9.17, 15) is 9.59 Å². The molecule has 4 rings (SSSR count). The topological polar surface area (TPSA) is 59.3 Å². The number of rotatable bonds is 5. The van der Waals surface area contributed by atoms with Crippen molar-refractivity contribution in [1.82, 2.24) is 5.32 Å². The van der Waals surface area contributed by atoms with Gasteiger partial charge in [0.15, 0.2) is 0 Å². The highest BCUT2D eigenvalue weighted by molar-refractivity contribution is 6.07. The maximum Gasteiger partial charge on any atom is 0.344 e. The van der Waals surface area contributed by atoms with Crippen molar-refractivity contribution in [2.24, 2.45) is 0 Å². The number of carbonyl (C=O) groups is 1. The minimum Gasteiger partial charge on any atom is -0.416 e. The number of fused-ring (bicyclic) bond motifs is 1. The molecule has 0 radical (unpaired) electrons. The molecule has 0 atom stereocenters. The molecule has 0 saturated heterocycles. The summed E-state index contributed by atoms with van der Waals surface area (Å²) in [5.74, 6) is -0.273. The van der Waals surface area contributed by atoms with Crippen LogP contribution in [0.1, 0.15) is 42.7 Å². The first-order chi connectivity index (χ1) is 13.7. The van der Waals surface area contributed by atoms with E-state index in [0.717, 1.165) is 30.2 Å². The van der Waals surface area contributed by atoms with Crippen LogP contribution < -0.4 is 10.9 Å². The number of hydrogen-bond donors (Lipinski definition) is 1. The molecule has 1 aliphatic carbocycles. The van der Waals surface area contributed by atoms with Crippen molar-refractivity contribution in [2.75, 3.05) is 6.54 Å². The van der Waals surface area contributed by atoms with Crippen LogP contribution in [-0.4, -0.2) is 12.5 Å². The quantitative estimate of drug-likeness (QED) is 0.635. The number of nitrogens with one attached hydrogen (secondary N) is 1. The summed E-state index contributed by atoms with van der Waals surface area (Å²) >= 11 is 0. The first-order valence-electron chi connectivity index (χ1n) is 9.81. The Balaban J connectivity index is 1.68. The Bertz CT molecular complexity index is 1080. The first kappa shape index (κ1) is 18.2. The van der Waals surface area contributed by atoms with Crippen LogP contribution in [0.15, 0.2) is 75.5 Å². The van der Waals surface area contributed by atoms with Gasteiger partial charge in [-0.1, -0.05) is 60.2 Å². The molecule has 1 heterocycles. The Morgan fingerprint density at radius 1 is 0.964 bits per heavy atom. The van der Waals surface area contributed by atoms with Crippen molar-refractivity contribution in [1.29, 1.82) is 0 Å². The average molecular weight is 373 g/mol. The van der Waals surface area contributed by atoms with Crippen LogP contribution in [0.25, 0.3) is 21.9 Å². The average Bonchev–Trinajstić information content (AvgIpc) is 2.75. The molecule has 142 valence electrons. The molecule has 0 aliphatic heterocycles. The summed E-state index contributed by atoms with van der Waals surface area (Å²) in [6, 6.07) is 16.8. The monoisotopic (exact) mass is 373 g/mol. The molecule has 3 aromatic rings. The van der Waals surface area contributed by atoms with Crippen molar-refractivity contribution in [3.8, 4) is 11.1 Å². The van der Waals surface area contributed by atoms with E-state index < -0.39 is 5.63 Å². The predicted molar refractivity (Wildman–Crippen MR) is 111 cm³/mol. The molecule has 1 aliphatic rings. The second-order valence-electron chi connectivity index (χ2n) is 7.12. The fourth-order valence-electron chi connectivity index (χ4n) is 3.80. The Kier molecular flexibility index (Phi) is 5.38. The summed E-state index contributed by atoms with van der Waals surface area (Å²) in [6.45, 7) is 0.537. The largest absolute Gasteiger partial charge is 0.416 e. The third kappa shape index (κ3) is 3.77. The van der Waals surface area contributed by atoms with Gasteiger partial charge in [-0.3, -0.25) is 4.79 Å². The molecule has 0 fully saturated rings. The Morgan fingerprint density at radius 2 is 1.71 bits per heavy atom. The third-order valence-corrected chi connectivity index (χ3v) is 5.22. The zero-order chi connectivity index (χ0) is 19.3. The summed E-state index contributed by atoms with van der Waals surface area (Å²) < 4.78 is 5.50. The minimum absolute atomic E-state index is 0.0764. The fraction of sp³-hybridized carbons (Fsp3) is 0.250. The van der Waals surface area contributed by atoms with Crippen LogP contribution in [0, 0.1) is 0 Å². The maximum atomic E-state index is 12.9. The minimum atomic E-state index is -0.490. The van der Waals surface area contributed by atoms with Gasteiger partial charge in [0.2, 0.25) is 5.76 Å². The van der Waals surface area contributed by atoms with Gasteiger partial charge in [0, 0.05) is 17.5 Å². The van der Waals surface area contributed by atoms with Gasteiger partial charge < -0.3 is 9.73 Å². The number of hydrogen-bond acceptors (Lipinski definition) is 3. The number of benzene rings is 2. The first-order valence-corrected chi connectivity index (χ1v) is 9.81. The number of carbonyl (C=O) groups excluding carboxylic acids is 1. The van der Waals surface area contributed by atoms with Crippen LogP contribution in [-0.2, 0) is 0 Å². The Hall–Kier alpha value is -3.14. The van der Waals surface area contributed by atoms with Gasteiger partial charge in [-0.25, -0.2) is 4.79 Å². The smallest absolute Gasteiger partial charge is 0.344 e. The third-order valence-electron chi connectivity index (χ3n) is 5.22. The van der Waals surface area contributed by atoms with Gasteiger partial charge in [0.25, 0.3) is 5.91 Å². The summed E-state index contributed by atoms with van der Waals surface area (Å²) in [5.41, 5.74) is 2.41. The second kappa shape index (κ2) is 8.26. The van der Waals surface area contributed by atoms with E-state index in [4.69, 9.17) is 4.42 Å². The summed E-state index contributed by atoms with van der Waals surface area (Å²) in [4.78, 5) is 25.4. The molecule has 0 saturated carbocycles. The van der Waals surface area contributed by atoms with Crippen molar-refractivity contribution >= 4 is 16.7 Å². The Morgan fingerprint density at radius 3 is 2.46 bits per heavy atom. The maximum absolute atomic E-state index is 12.9.